The first-order valence-corrected chi connectivity index (χ1v) is 15.8. The van der Waals surface area contributed by atoms with Crippen molar-refractivity contribution in [3.63, 3.8) is 0 Å². The Hall–Kier alpha value is -2.20. The first kappa shape index (κ1) is 31.3. The first-order valence-electron chi connectivity index (χ1n) is 12.8. The summed E-state index contributed by atoms with van der Waals surface area (Å²) in [7, 11) is -2.47. The zero-order valence-electron chi connectivity index (χ0n) is 22.3. The predicted molar refractivity (Wildman–Crippen MR) is 156 cm³/mol. The van der Waals surface area contributed by atoms with E-state index in [1.54, 1.807) is 25.1 Å². The number of anilines is 1. The third kappa shape index (κ3) is 8.16. The average Bonchev–Trinajstić information content (AvgIpc) is 2.88. The van der Waals surface area contributed by atoms with Gasteiger partial charge in [0.15, 0.2) is 0 Å². The van der Waals surface area contributed by atoms with Gasteiger partial charge in [0.2, 0.25) is 21.8 Å². The van der Waals surface area contributed by atoms with Gasteiger partial charge in [-0.2, -0.15) is 0 Å². The summed E-state index contributed by atoms with van der Waals surface area (Å²) >= 11 is 19.1. The van der Waals surface area contributed by atoms with Gasteiger partial charge >= 0.3 is 0 Å². The van der Waals surface area contributed by atoms with Gasteiger partial charge in [0.25, 0.3) is 0 Å². The molecule has 0 aliphatic heterocycles. The Bertz CT molecular complexity index is 1270. The molecule has 39 heavy (non-hydrogen) atoms. The minimum absolute atomic E-state index is 0.0371. The van der Waals surface area contributed by atoms with Gasteiger partial charge < -0.3 is 15.0 Å². The summed E-state index contributed by atoms with van der Waals surface area (Å²) in [5.74, 6) is -0.520. The number of carbonyl (C=O) groups excluding carboxylic acids is 2. The molecule has 0 heterocycles. The van der Waals surface area contributed by atoms with Crippen molar-refractivity contribution < 1.29 is 22.7 Å². The maximum atomic E-state index is 13.9. The summed E-state index contributed by atoms with van der Waals surface area (Å²) in [6.45, 7) is 1.17. The second-order valence-electron chi connectivity index (χ2n) is 9.58. The molecule has 1 N–H and O–H groups in total. The summed E-state index contributed by atoms with van der Waals surface area (Å²) in [6.07, 6.45) is 6.27. The van der Waals surface area contributed by atoms with Crippen molar-refractivity contribution >= 4 is 62.3 Å². The van der Waals surface area contributed by atoms with Crippen LogP contribution in [-0.4, -0.2) is 57.1 Å². The van der Waals surface area contributed by atoms with E-state index in [9.17, 15) is 18.0 Å². The number of sulfonamides is 1. The van der Waals surface area contributed by atoms with E-state index < -0.39 is 28.5 Å². The third-order valence-electron chi connectivity index (χ3n) is 6.83. The van der Waals surface area contributed by atoms with Crippen LogP contribution in [0.25, 0.3) is 0 Å². The van der Waals surface area contributed by atoms with Crippen molar-refractivity contribution in [2.24, 2.45) is 0 Å². The van der Waals surface area contributed by atoms with Gasteiger partial charge in [0.1, 0.15) is 18.3 Å². The number of benzene rings is 2. The fourth-order valence-corrected chi connectivity index (χ4v) is 6.35. The number of hydrogen-bond donors (Lipinski definition) is 1. The Kier molecular flexibility index (Phi) is 11.2. The van der Waals surface area contributed by atoms with Crippen molar-refractivity contribution in [2.45, 2.75) is 64.1 Å². The van der Waals surface area contributed by atoms with Gasteiger partial charge in [-0.25, -0.2) is 8.42 Å². The lowest BCUT2D eigenvalue weighted by Gasteiger charge is -2.34. The second-order valence-corrected chi connectivity index (χ2v) is 12.7. The Balaban J connectivity index is 1.97. The fourth-order valence-electron chi connectivity index (χ4n) is 4.74. The highest BCUT2D eigenvalue weighted by molar-refractivity contribution is 7.92. The highest BCUT2D eigenvalue weighted by Gasteiger charge is 2.33. The number of ether oxygens (including phenoxy) is 1. The summed E-state index contributed by atoms with van der Waals surface area (Å²) in [4.78, 5) is 28.7. The molecule has 3 rings (SSSR count). The minimum atomic E-state index is -3.91. The van der Waals surface area contributed by atoms with Crippen molar-refractivity contribution in [1.82, 2.24) is 10.2 Å². The molecule has 8 nitrogen and oxygen atoms in total. The number of rotatable bonds is 11. The van der Waals surface area contributed by atoms with Crippen LogP contribution in [0.15, 0.2) is 36.4 Å². The van der Waals surface area contributed by atoms with E-state index >= 15 is 0 Å². The van der Waals surface area contributed by atoms with Crippen molar-refractivity contribution in [2.75, 3.05) is 24.2 Å². The molecule has 1 fully saturated rings. The van der Waals surface area contributed by atoms with E-state index in [1.807, 2.05) is 0 Å². The van der Waals surface area contributed by atoms with Crippen LogP contribution in [-0.2, 0) is 26.2 Å². The smallest absolute Gasteiger partial charge is 0.244 e. The van der Waals surface area contributed by atoms with Gasteiger partial charge in [0, 0.05) is 28.2 Å². The average molecular weight is 619 g/mol. The molecule has 2 aromatic rings. The highest BCUT2D eigenvalue weighted by Crippen LogP contribution is 2.31. The van der Waals surface area contributed by atoms with E-state index in [2.05, 4.69) is 5.32 Å². The minimum Gasteiger partial charge on any atom is -0.495 e. The molecule has 1 aliphatic carbocycles. The largest absolute Gasteiger partial charge is 0.495 e. The van der Waals surface area contributed by atoms with E-state index in [0.717, 1.165) is 42.7 Å². The standard InChI is InChI=1S/C27H34Cl3N3O5S/c1-4-24(27(35)31-18-9-6-5-7-10-18)32(16-20-21(28)11-8-12-22(20)29)26(34)17-33(39(3,36)37)19-13-14-25(38-2)23(30)15-19/h8,11-15,18,24H,4-7,9-10,16-17H2,1-3H3,(H,31,35)/t24-/m1/s1. The molecule has 2 amide bonds. The maximum Gasteiger partial charge on any atom is 0.244 e. The van der Waals surface area contributed by atoms with Gasteiger partial charge in [-0.15, -0.1) is 0 Å². The lowest BCUT2D eigenvalue weighted by atomic mass is 9.95. The predicted octanol–water partition coefficient (Wildman–Crippen LogP) is 5.68. The Labute approximate surface area is 245 Å². The van der Waals surface area contributed by atoms with Crippen molar-refractivity contribution in [1.29, 1.82) is 0 Å². The number of hydrogen-bond acceptors (Lipinski definition) is 5. The third-order valence-corrected chi connectivity index (χ3v) is 8.97. The molecule has 0 radical (unpaired) electrons. The molecule has 1 aliphatic rings. The number of amides is 2. The van der Waals surface area contributed by atoms with E-state index in [-0.39, 0.29) is 29.2 Å². The van der Waals surface area contributed by atoms with E-state index in [4.69, 9.17) is 39.5 Å². The maximum absolute atomic E-state index is 13.9. The van der Waals surface area contributed by atoms with Crippen molar-refractivity contribution in [3.05, 3.63) is 57.0 Å². The molecule has 0 aromatic heterocycles. The lowest BCUT2D eigenvalue weighted by Crippen LogP contribution is -2.54. The van der Waals surface area contributed by atoms with Gasteiger partial charge in [-0.3, -0.25) is 13.9 Å². The summed E-state index contributed by atoms with van der Waals surface area (Å²) in [5, 5.41) is 3.96. The molecule has 214 valence electrons. The zero-order chi connectivity index (χ0) is 28.7. The van der Waals surface area contributed by atoms with Gasteiger partial charge in [-0.1, -0.05) is 67.1 Å². The van der Waals surface area contributed by atoms with Crippen LogP contribution < -0.4 is 14.4 Å². The molecule has 0 unspecified atom stereocenters. The molecule has 1 atom stereocenters. The van der Waals surface area contributed by atoms with Crippen molar-refractivity contribution in [3.8, 4) is 5.75 Å². The number of nitrogens with one attached hydrogen (secondary N) is 1. The Morgan fingerprint density at radius 2 is 1.69 bits per heavy atom. The molecule has 0 saturated heterocycles. The molecule has 0 bridgehead atoms. The summed E-state index contributed by atoms with van der Waals surface area (Å²) < 4.78 is 31.8. The highest BCUT2D eigenvalue weighted by atomic mass is 35.5. The number of halogens is 3. The van der Waals surface area contributed by atoms with Crippen LogP contribution in [0.4, 0.5) is 5.69 Å². The summed E-state index contributed by atoms with van der Waals surface area (Å²) in [6, 6.07) is 8.59. The first-order chi connectivity index (χ1) is 18.5. The molecule has 2 aromatic carbocycles. The van der Waals surface area contributed by atoms with Gasteiger partial charge in [-0.05, 0) is 49.6 Å². The number of methoxy groups -OCH3 is 1. The topological polar surface area (TPSA) is 96.0 Å². The zero-order valence-corrected chi connectivity index (χ0v) is 25.3. The van der Waals surface area contributed by atoms with Crippen LogP contribution in [0.3, 0.4) is 0 Å². The lowest BCUT2D eigenvalue weighted by molar-refractivity contribution is -0.140. The molecular weight excluding hydrogens is 585 g/mol. The SMILES string of the molecule is CC[C@H](C(=O)NC1CCCCC1)N(Cc1c(Cl)cccc1Cl)C(=O)CN(c1ccc(OC)c(Cl)c1)S(C)(=O)=O. The van der Waals surface area contributed by atoms with Crippen LogP contribution in [0.5, 0.6) is 5.75 Å². The summed E-state index contributed by atoms with van der Waals surface area (Å²) in [5.41, 5.74) is 0.656. The number of nitrogens with zero attached hydrogens (tertiary/aromatic N) is 2. The normalized spacial score (nSPS) is 14.9. The molecule has 12 heteroatoms. The number of carbonyl (C=O) groups is 2. The second kappa shape index (κ2) is 13.9. The quantitative estimate of drug-likeness (QED) is 0.350. The Morgan fingerprint density at radius 1 is 1.05 bits per heavy atom. The van der Waals surface area contributed by atoms with Crippen LogP contribution in [0.1, 0.15) is 51.0 Å². The monoisotopic (exact) mass is 617 g/mol. The fraction of sp³-hybridized carbons (Fsp3) is 0.481. The van der Waals surface area contributed by atoms with Crippen LogP contribution in [0.2, 0.25) is 15.1 Å². The van der Waals surface area contributed by atoms with E-state index in [0.29, 0.717) is 27.8 Å². The Morgan fingerprint density at radius 3 is 2.23 bits per heavy atom. The molecule has 1 saturated carbocycles. The van der Waals surface area contributed by atoms with Crippen LogP contribution in [0, 0.1) is 0 Å². The molecular formula is C27H34Cl3N3O5S. The van der Waals surface area contributed by atoms with Gasteiger partial charge in [0.05, 0.1) is 24.1 Å². The van der Waals surface area contributed by atoms with Crippen LogP contribution >= 0.6 is 34.8 Å². The molecule has 0 spiro atoms. The van der Waals surface area contributed by atoms with E-state index in [1.165, 1.54) is 30.2 Å².